The molecule has 0 saturated carbocycles. The first-order chi connectivity index (χ1) is 24.3. The summed E-state index contributed by atoms with van der Waals surface area (Å²) in [6.07, 6.45) is 0. The minimum Gasteiger partial charge on any atom is -0.456 e. The van der Waals surface area contributed by atoms with E-state index < -0.39 is 5.41 Å². The molecular weight excluding hydrogens is 595 g/mol. The Morgan fingerprint density at radius 3 is 1.69 bits per heavy atom. The zero-order valence-electron chi connectivity index (χ0n) is 26.6. The van der Waals surface area contributed by atoms with Crippen molar-refractivity contribution in [2.75, 3.05) is 4.90 Å². The number of anilines is 3. The van der Waals surface area contributed by atoms with Crippen molar-refractivity contribution >= 4 is 49.8 Å². The first-order valence-electron chi connectivity index (χ1n) is 16.9. The second-order valence-corrected chi connectivity index (χ2v) is 13.2. The van der Waals surface area contributed by atoms with E-state index in [1.807, 2.05) is 0 Å². The molecule has 228 valence electrons. The molecule has 0 atom stereocenters. The van der Waals surface area contributed by atoms with Crippen LogP contribution in [0.4, 0.5) is 17.1 Å². The van der Waals surface area contributed by atoms with E-state index >= 15 is 0 Å². The maximum atomic E-state index is 6.57. The second kappa shape index (κ2) is 9.82. The Morgan fingerprint density at radius 2 is 0.980 bits per heavy atom. The van der Waals surface area contributed by atoms with Crippen LogP contribution < -0.4 is 4.90 Å². The van der Waals surface area contributed by atoms with Crippen molar-refractivity contribution in [3.8, 4) is 22.3 Å². The number of para-hydroxylation sites is 1. The van der Waals surface area contributed by atoms with Gasteiger partial charge in [-0.1, -0.05) is 133 Å². The van der Waals surface area contributed by atoms with Crippen molar-refractivity contribution in [2.45, 2.75) is 5.41 Å². The fourth-order valence-electron chi connectivity index (χ4n) is 8.98. The van der Waals surface area contributed by atoms with Gasteiger partial charge in [0.1, 0.15) is 11.2 Å². The third-order valence-electron chi connectivity index (χ3n) is 10.9. The zero-order valence-corrected chi connectivity index (χ0v) is 26.6. The van der Waals surface area contributed by atoms with Gasteiger partial charge < -0.3 is 9.32 Å². The Kier molecular flexibility index (Phi) is 5.34. The first-order valence-corrected chi connectivity index (χ1v) is 16.9. The summed E-state index contributed by atoms with van der Waals surface area (Å²) < 4.78 is 6.57. The molecule has 8 aromatic carbocycles. The summed E-state index contributed by atoms with van der Waals surface area (Å²) in [6, 6.07) is 64.2. The van der Waals surface area contributed by atoms with Crippen LogP contribution in [0.1, 0.15) is 22.3 Å². The van der Waals surface area contributed by atoms with Gasteiger partial charge in [0.2, 0.25) is 0 Å². The Morgan fingerprint density at radius 1 is 0.388 bits per heavy atom. The van der Waals surface area contributed by atoms with E-state index in [1.54, 1.807) is 0 Å². The minimum atomic E-state index is -0.415. The second-order valence-electron chi connectivity index (χ2n) is 13.2. The number of hydrogen-bond acceptors (Lipinski definition) is 2. The van der Waals surface area contributed by atoms with E-state index in [1.165, 1.54) is 55.3 Å². The van der Waals surface area contributed by atoms with Crippen molar-refractivity contribution in [2.24, 2.45) is 0 Å². The number of nitrogens with zero attached hydrogens (tertiary/aromatic N) is 1. The molecule has 0 aliphatic heterocycles. The zero-order chi connectivity index (χ0) is 32.1. The fourth-order valence-corrected chi connectivity index (χ4v) is 8.98. The van der Waals surface area contributed by atoms with Crippen molar-refractivity contribution in [1.29, 1.82) is 0 Å². The molecule has 1 spiro atoms. The Hall–Kier alpha value is -6.38. The van der Waals surface area contributed by atoms with Gasteiger partial charge in [0, 0.05) is 16.8 Å². The highest BCUT2D eigenvalue weighted by Gasteiger charge is 2.51. The van der Waals surface area contributed by atoms with Gasteiger partial charge in [-0.25, -0.2) is 0 Å². The summed E-state index contributed by atoms with van der Waals surface area (Å²) >= 11 is 0. The van der Waals surface area contributed by atoms with Gasteiger partial charge in [0.25, 0.3) is 0 Å². The molecule has 2 aliphatic rings. The average molecular weight is 624 g/mol. The van der Waals surface area contributed by atoms with Crippen LogP contribution in [0.15, 0.2) is 180 Å². The van der Waals surface area contributed by atoms with Crippen LogP contribution in [-0.4, -0.2) is 0 Å². The van der Waals surface area contributed by atoms with E-state index in [2.05, 4.69) is 181 Å². The van der Waals surface area contributed by atoms with E-state index in [9.17, 15) is 0 Å². The highest BCUT2D eigenvalue weighted by molar-refractivity contribution is 6.23. The third kappa shape index (κ3) is 3.45. The van der Waals surface area contributed by atoms with Gasteiger partial charge in [0.05, 0.1) is 16.5 Å². The van der Waals surface area contributed by atoms with Crippen molar-refractivity contribution in [3.63, 3.8) is 0 Å². The summed E-state index contributed by atoms with van der Waals surface area (Å²) in [4.78, 5) is 2.42. The fraction of sp³-hybridized carbons (Fsp3) is 0.0213. The van der Waals surface area contributed by atoms with Crippen LogP contribution in [0, 0.1) is 0 Å². The average Bonchev–Trinajstić information content (AvgIpc) is 3.80. The van der Waals surface area contributed by atoms with E-state index in [4.69, 9.17) is 4.42 Å². The molecule has 0 bridgehead atoms. The number of rotatable bonds is 3. The summed E-state index contributed by atoms with van der Waals surface area (Å²) in [5.41, 5.74) is 15.2. The van der Waals surface area contributed by atoms with Crippen LogP contribution in [0.25, 0.3) is 55.0 Å². The van der Waals surface area contributed by atoms with Gasteiger partial charge in [-0.05, 0) is 97.7 Å². The molecule has 0 fully saturated rings. The lowest BCUT2D eigenvalue weighted by Gasteiger charge is -2.32. The molecule has 2 nitrogen and oxygen atoms in total. The smallest absolute Gasteiger partial charge is 0.137 e. The number of furan rings is 1. The Labute approximate surface area is 284 Å². The lowest BCUT2D eigenvalue weighted by atomic mass is 9.70. The van der Waals surface area contributed by atoms with Gasteiger partial charge in [0.15, 0.2) is 0 Å². The number of hydrogen-bond donors (Lipinski definition) is 0. The van der Waals surface area contributed by atoms with Crippen LogP contribution in [0.5, 0.6) is 0 Å². The summed E-state index contributed by atoms with van der Waals surface area (Å²) in [5, 5.41) is 4.66. The van der Waals surface area contributed by atoms with Gasteiger partial charge in [-0.15, -0.1) is 0 Å². The van der Waals surface area contributed by atoms with Gasteiger partial charge in [-0.2, -0.15) is 0 Å². The topological polar surface area (TPSA) is 16.4 Å². The molecule has 2 heteroatoms. The number of fused-ring (bicyclic) bond motifs is 15. The van der Waals surface area contributed by atoms with Gasteiger partial charge >= 0.3 is 0 Å². The molecule has 0 amide bonds. The lowest BCUT2D eigenvalue weighted by Crippen LogP contribution is -2.26. The van der Waals surface area contributed by atoms with E-state index in [-0.39, 0.29) is 0 Å². The van der Waals surface area contributed by atoms with E-state index in [0.29, 0.717) is 0 Å². The van der Waals surface area contributed by atoms with Crippen LogP contribution in [0.3, 0.4) is 0 Å². The predicted octanol–water partition coefficient (Wildman–Crippen LogP) is 12.6. The Balaban J connectivity index is 1.24. The first kappa shape index (κ1) is 26.7. The van der Waals surface area contributed by atoms with Crippen molar-refractivity contribution in [3.05, 3.63) is 198 Å². The summed E-state index contributed by atoms with van der Waals surface area (Å²) in [5.74, 6) is 0. The van der Waals surface area contributed by atoms with Crippen LogP contribution in [-0.2, 0) is 5.41 Å². The number of benzene rings is 8. The molecule has 49 heavy (non-hydrogen) atoms. The monoisotopic (exact) mass is 623 g/mol. The SMILES string of the molecule is c1ccc(N(c2ccc3c(c2)C2(c4ccccc4-c4ccccc42)c2ccccc2-3)c2cccc3oc4ccc5ccccc5c4c23)cc1. The molecule has 2 aliphatic carbocycles. The maximum Gasteiger partial charge on any atom is 0.137 e. The van der Waals surface area contributed by atoms with Crippen LogP contribution in [0.2, 0.25) is 0 Å². The lowest BCUT2D eigenvalue weighted by molar-refractivity contribution is 0.669. The molecule has 1 aromatic heterocycles. The summed E-state index contributed by atoms with van der Waals surface area (Å²) in [6.45, 7) is 0. The normalized spacial score (nSPS) is 13.5. The quantitative estimate of drug-likeness (QED) is 0.195. The molecule has 0 N–H and O–H groups in total. The molecule has 11 rings (SSSR count). The van der Waals surface area contributed by atoms with Gasteiger partial charge in [-0.3, -0.25) is 0 Å². The Bertz CT molecular complexity index is 2730. The third-order valence-corrected chi connectivity index (χ3v) is 10.9. The molecule has 1 heterocycles. The molecule has 0 unspecified atom stereocenters. The molecular formula is C47H29NO. The molecule has 0 saturated heterocycles. The van der Waals surface area contributed by atoms with Crippen molar-refractivity contribution in [1.82, 2.24) is 0 Å². The van der Waals surface area contributed by atoms with Crippen LogP contribution >= 0.6 is 0 Å². The highest BCUT2D eigenvalue weighted by atomic mass is 16.3. The van der Waals surface area contributed by atoms with Crippen molar-refractivity contribution < 1.29 is 4.42 Å². The molecule has 0 radical (unpaired) electrons. The standard InChI is InChI=1S/C47H29NO/c1-2-14-31(15-3-1)48(42-23-12-24-43-46(42)45-33-16-5-4-13-30(33)25-28-44(45)49-43)32-26-27-37-36-19-8-11-22-40(36)47(41(37)29-32)38-20-9-6-17-34(38)35-18-7-10-21-39(35)47/h1-29H. The predicted molar refractivity (Wildman–Crippen MR) is 202 cm³/mol. The maximum absolute atomic E-state index is 6.57. The largest absolute Gasteiger partial charge is 0.456 e. The minimum absolute atomic E-state index is 0.415. The summed E-state index contributed by atoms with van der Waals surface area (Å²) in [7, 11) is 0. The molecule has 9 aromatic rings. The van der Waals surface area contributed by atoms with E-state index in [0.717, 1.165) is 39.0 Å². The highest BCUT2D eigenvalue weighted by Crippen LogP contribution is 2.63.